The molecular formula is C15H28N4. The van der Waals surface area contributed by atoms with Crippen molar-refractivity contribution in [2.75, 3.05) is 32.0 Å². The molecule has 1 N–H and O–H groups in total. The molecule has 4 heteroatoms. The fourth-order valence-electron chi connectivity index (χ4n) is 3.11. The Labute approximate surface area is 117 Å². The van der Waals surface area contributed by atoms with Crippen molar-refractivity contribution < 1.29 is 0 Å². The van der Waals surface area contributed by atoms with Crippen molar-refractivity contribution in [1.82, 2.24) is 14.7 Å². The first-order chi connectivity index (χ1) is 8.99. The number of aromatic nitrogens is 2. The highest BCUT2D eigenvalue weighted by molar-refractivity contribution is 5.52. The first kappa shape index (κ1) is 14.4. The fourth-order valence-corrected chi connectivity index (χ4v) is 3.11. The van der Waals surface area contributed by atoms with Gasteiger partial charge in [0.15, 0.2) is 0 Å². The summed E-state index contributed by atoms with van der Waals surface area (Å²) >= 11 is 0. The average molecular weight is 264 g/mol. The van der Waals surface area contributed by atoms with Crippen LogP contribution in [0.1, 0.15) is 44.1 Å². The summed E-state index contributed by atoms with van der Waals surface area (Å²) in [7, 11) is 2.22. The summed E-state index contributed by atoms with van der Waals surface area (Å²) < 4.78 is 2.12. The molecule has 0 spiro atoms. The van der Waals surface area contributed by atoms with Crippen molar-refractivity contribution in [3.05, 3.63) is 11.4 Å². The molecule has 2 heterocycles. The highest BCUT2D eigenvalue weighted by atomic mass is 15.3. The molecule has 1 aliphatic rings. The van der Waals surface area contributed by atoms with Crippen molar-refractivity contribution in [2.24, 2.45) is 5.92 Å². The summed E-state index contributed by atoms with van der Waals surface area (Å²) in [6.45, 7) is 12.1. The maximum atomic E-state index is 4.63. The summed E-state index contributed by atoms with van der Waals surface area (Å²) in [5.74, 6) is 0.764. The average Bonchev–Trinajstić information content (AvgIpc) is 2.63. The molecule has 1 atom stereocenters. The zero-order valence-electron chi connectivity index (χ0n) is 13.0. The van der Waals surface area contributed by atoms with Crippen LogP contribution < -0.4 is 5.32 Å². The number of rotatable bonds is 4. The van der Waals surface area contributed by atoms with Crippen LogP contribution in [0.4, 0.5) is 5.69 Å². The minimum Gasteiger partial charge on any atom is -0.382 e. The predicted octanol–water partition coefficient (Wildman–Crippen LogP) is 2.83. The molecule has 4 nitrogen and oxygen atoms in total. The van der Waals surface area contributed by atoms with Gasteiger partial charge in [0.1, 0.15) is 0 Å². The van der Waals surface area contributed by atoms with Gasteiger partial charge in [-0.3, -0.25) is 4.68 Å². The maximum Gasteiger partial charge on any atom is 0.0828 e. The van der Waals surface area contributed by atoms with E-state index in [1.54, 1.807) is 0 Å². The molecular weight excluding hydrogens is 236 g/mol. The third-order valence-corrected chi connectivity index (χ3v) is 4.10. The molecule has 2 rings (SSSR count). The van der Waals surface area contributed by atoms with Crippen LogP contribution in [0, 0.1) is 19.8 Å². The van der Waals surface area contributed by atoms with Gasteiger partial charge < -0.3 is 10.2 Å². The smallest absolute Gasteiger partial charge is 0.0828 e. The Bertz CT molecular complexity index is 422. The lowest BCUT2D eigenvalue weighted by atomic mass is 9.98. The first-order valence-electron chi connectivity index (χ1n) is 7.47. The van der Waals surface area contributed by atoms with Gasteiger partial charge in [0.2, 0.25) is 0 Å². The maximum absolute atomic E-state index is 4.63. The number of hydrogen-bond donors (Lipinski definition) is 1. The van der Waals surface area contributed by atoms with E-state index in [1.807, 2.05) is 0 Å². The van der Waals surface area contributed by atoms with Crippen molar-refractivity contribution in [2.45, 2.75) is 46.6 Å². The Morgan fingerprint density at radius 3 is 2.68 bits per heavy atom. The number of piperidine rings is 1. The van der Waals surface area contributed by atoms with Gasteiger partial charge in [-0.25, -0.2) is 0 Å². The molecule has 0 bridgehead atoms. The lowest BCUT2D eigenvalue weighted by molar-refractivity contribution is 0.217. The van der Waals surface area contributed by atoms with E-state index in [4.69, 9.17) is 0 Å². The summed E-state index contributed by atoms with van der Waals surface area (Å²) in [6, 6.07) is 0.426. The monoisotopic (exact) mass is 264 g/mol. The van der Waals surface area contributed by atoms with Crippen LogP contribution in [-0.4, -0.2) is 41.4 Å². The third-order valence-electron chi connectivity index (χ3n) is 4.10. The van der Waals surface area contributed by atoms with E-state index in [1.165, 1.54) is 37.3 Å². The van der Waals surface area contributed by atoms with Gasteiger partial charge in [0.25, 0.3) is 0 Å². The van der Waals surface area contributed by atoms with E-state index in [0.29, 0.717) is 6.04 Å². The Balaban J connectivity index is 1.99. The molecule has 1 saturated heterocycles. The molecule has 0 radical (unpaired) electrons. The first-order valence-corrected chi connectivity index (χ1v) is 7.47. The predicted molar refractivity (Wildman–Crippen MR) is 80.8 cm³/mol. The van der Waals surface area contributed by atoms with Crippen molar-refractivity contribution in [3.63, 3.8) is 0 Å². The van der Waals surface area contributed by atoms with E-state index in [9.17, 15) is 0 Å². The number of likely N-dealkylation sites (tertiary alicyclic amines) is 1. The molecule has 1 aromatic rings. The van der Waals surface area contributed by atoms with E-state index in [2.05, 4.69) is 54.7 Å². The van der Waals surface area contributed by atoms with Crippen LogP contribution in [0.5, 0.6) is 0 Å². The molecule has 1 unspecified atom stereocenters. The summed E-state index contributed by atoms with van der Waals surface area (Å²) in [5.41, 5.74) is 3.62. The Morgan fingerprint density at radius 1 is 1.37 bits per heavy atom. The van der Waals surface area contributed by atoms with Gasteiger partial charge in [-0.05, 0) is 60.0 Å². The van der Waals surface area contributed by atoms with E-state index >= 15 is 0 Å². The Hall–Kier alpha value is -1.03. The molecule has 0 saturated carbocycles. The second-order valence-electron chi connectivity index (χ2n) is 6.24. The molecule has 1 fully saturated rings. The van der Waals surface area contributed by atoms with Crippen LogP contribution >= 0.6 is 0 Å². The Kier molecular flexibility index (Phi) is 4.50. The third kappa shape index (κ3) is 3.30. The number of nitrogens with zero attached hydrogens (tertiary/aromatic N) is 3. The number of anilines is 1. The lowest BCUT2D eigenvalue weighted by Gasteiger charge is -2.30. The normalized spacial score (nSPS) is 21.1. The largest absolute Gasteiger partial charge is 0.382 e. The quantitative estimate of drug-likeness (QED) is 0.908. The van der Waals surface area contributed by atoms with E-state index < -0.39 is 0 Å². The van der Waals surface area contributed by atoms with Crippen molar-refractivity contribution in [1.29, 1.82) is 0 Å². The van der Waals surface area contributed by atoms with Crippen LogP contribution in [0.25, 0.3) is 0 Å². The van der Waals surface area contributed by atoms with Crippen LogP contribution in [0.2, 0.25) is 0 Å². The van der Waals surface area contributed by atoms with E-state index in [0.717, 1.165) is 18.2 Å². The van der Waals surface area contributed by atoms with Gasteiger partial charge in [-0.2, -0.15) is 5.10 Å². The zero-order valence-corrected chi connectivity index (χ0v) is 13.0. The summed E-state index contributed by atoms with van der Waals surface area (Å²) in [6.07, 6.45) is 2.67. The number of nitrogens with one attached hydrogen (secondary N) is 1. The molecule has 1 aliphatic heterocycles. The standard InChI is InChI=1S/C15H28N4/c1-11(2)19-13(4)15(12(3)17-19)16-9-14-7-6-8-18(5)10-14/h11,14,16H,6-10H2,1-5H3. The fraction of sp³-hybridized carbons (Fsp3) is 0.800. The molecule has 0 aliphatic carbocycles. The minimum atomic E-state index is 0.426. The highest BCUT2D eigenvalue weighted by Gasteiger charge is 2.19. The van der Waals surface area contributed by atoms with Crippen LogP contribution in [0.15, 0.2) is 0 Å². The lowest BCUT2D eigenvalue weighted by Crippen LogP contribution is -2.35. The van der Waals surface area contributed by atoms with Gasteiger partial charge in [0.05, 0.1) is 17.1 Å². The Morgan fingerprint density at radius 2 is 2.11 bits per heavy atom. The second-order valence-corrected chi connectivity index (χ2v) is 6.24. The van der Waals surface area contributed by atoms with E-state index in [-0.39, 0.29) is 0 Å². The van der Waals surface area contributed by atoms with Gasteiger partial charge in [-0.1, -0.05) is 0 Å². The van der Waals surface area contributed by atoms with Gasteiger partial charge in [-0.15, -0.1) is 0 Å². The number of hydrogen-bond acceptors (Lipinski definition) is 3. The highest BCUT2D eigenvalue weighted by Crippen LogP contribution is 2.23. The summed E-state index contributed by atoms with van der Waals surface area (Å²) in [5, 5.41) is 8.27. The SMILES string of the molecule is Cc1nn(C(C)C)c(C)c1NCC1CCCN(C)C1. The number of aryl methyl sites for hydroxylation is 1. The molecule has 1 aromatic heterocycles. The topological polar surface area (TPSA) is 33.1 Å². The van der Waals surface area contributed by atoms with Crippen LogP contribution in [0.3, 0.4) is 0 Å². The van der Waals surface area contributed by atoms with Gasteiger partial charge >= 0.3 is 0 Å². The molecule has 0 amide bonds. The van der Waals surface area contributed by atoms with Gasteiger partial charge in [0, 0.05) is 19.1 Å². The van der Waals surface area contributed by atoms with Crippen LogP contribution in [-0.2, 0) is 0 Å². The van der Waals surface area contributed by atoms with Crippen molar-refractivity contribution >= 4 is 5.69 Å². The molecule has 19 heavy (non-hydrogen) atoms. The minimum absolute atomic E-state index is 0.426. The summed E-state index contributed by atoms with van der Waals surface area (Å²) in [4.78, 5) is 2.44. The molecule has 108 valence electrons. The van der Waals surface area contributed by atoms with Crippen molar-refractivity contribution in [3.8, 4) is 0 Å². The zero-order chi connectivity index (χ0) is 14.0. The second kappa shape index (κ2) is 5.95. The molecule has 0 aromatic carbocycles.